The molecule has 0 N–H and O–H groups in total. The first-order chi connectivity index (χ1) is 12.2. The summed E-state index contributed by atoms with van der Waals surface area (Å²) < 4.78 is 20.7. The fourth-order valence-electron chi connectivity index (χ4n) is 2.99. The van der Waals surface area contributed by atoms with Gasteiger partial charge in [0.25, 0.3) is 0 Å². The van der Waals surface area contributed by atoms with Gasteiger partial charge in [-0.25, -0.2) is 4.39 Å². The highest BCUT2D eigenvalue weighted by atomic mass is 19.1. The van der Waals surface area contributed by atoms with Crippen LogP contribution in [0.2, 0.25) is 0 Å². The summed E-state index contributed by atoms with van der Waals surface area (Å²) in [5, 5.41) is 5.37. The van der Waals surface area contributed by atoms with E-state index in [0.29, 0.717) is 0 Å². The molecule has 0 atom stereocenters. The molecule has 0 aliphatic carbocycles. The number of nitrogens with zero attached hydrogens (tertiary/aromatic N) is 3. The number of aromatic nitrogens is 3. The Kier molecular flexibility index (Phi) is 3.69. The summed E-state index contributed by atoms with van der Waals surface area (Å²) in [5.41, 5.74) is 4.63. The third-order valence-corrected chi connectivity index (χ3v) is 4.29. The van der Waals surface area contributed by atoms with Crippen LogP contribution in [0.1, 0.15) is 0 Å². The molecular weight excluding hydrogens is 317 g/mol. The molecule has 2 aromatic heterocycles. The Bertz CT molecular complexity index is 1070. The molecule has 25 heavy (non-hydrogen) atoms. The molecular formula is C20H16FN3O. The van der Waals surface area contributed by atoms with Crippen LogP contribution in [-0.4, -0.2) is 21.9 Å². The second-order valence-electron chi connectivity index (χ2n) is 5.79. The Morgan fingerprint density at radius 2 is 1.88 bits per heavy atom. The molecule has 0 spiro atoms. The molecule has 0 saturated heterocycles. The first kappa shape index (κ1) is 15.3. The van der Waals surface area contributed by atoms with Crippen LogP contribution in [0.25, 0.3) is 33.3 Å². The Morgan fingerprint density at radius 3 is 2.72 bits per heavy atom. The molecule has 0 saturated carbocycles. The highest BCUT2D eigenvalue weighted by Gasteiger charge is 2.12. The first-order valence-corrected chi connectivity index (χ1v) is 7.88. The van der Waals surface area contributed by atoms with E-state index in [2.05, 4.69) is 16.1 Å². The predicted octanol–water partition coefficient (Wildman–Crippen LogP) is 4.45. The van der Waals surface area contributed by atoms with Gasteiger partial charge in [0.1, 0.15) is 0 Å². The van der Waals surface area contributed by atoms with E-state index in [-0.39, 0.29) is 11.6 Å². The monoisotopic (exact) mass is 333 g/mol. The Morgan fingerprint density at radius 1 is 1.04 bits per heavy atom. The molecule has 0 amide bonds. The Hall–Kier alpha value is -3.21. The van der Waals surface area contributed by atoms with E-state index in [9.17, 15) is 4.39 Å². The number of fused-ring (bicyclic) bond motifs is 1. The molecule has 0 unspecified atom stereocenters. The van der Waals surface area contributed by atoms with Crippen molar-refractivity contribution in [2.75, 3.05) is 7.11 Å². The van der Waals surface area contributed by atoms with Gasteiger partial charge in [0.2, 0.25) is 0 Å². The number of aryl methyl sites for hydroxylation is 1. The fraction of sp³-hybridized carbons (Fsp3) is 0.100. The standard InChI is InChI=1S/C20H16FN3O/c1-24-18-10-13(5-6-15(18)12-23-24)16-4-3-9-22-20(16)14-7-8-17(21)19(11-14)25-2/h3-12H,1-2H3. The third-order valence-electron chi connectivity index (χ3n) is 4.29. The van der Waals surface area contributed by atoms with Crippen LogP contribution in [0.15, 0.2) is 60.9 Å². The highest BCUT2D eigenvalue weighted by Crippen LogP contribution is 2.34. The van der Waals surface area contributed by atoms with Gasteiger partial charge in [-0.2, -0.15) is 5.10 Å². The van der Waals surface area contributed by atoms with Crippen molar-refractivity contribution in [3.8, 4) is 28.1 Å². The van der Waals surface area contributed by atoms with Crippen molar-refractivity contribution in [3.05, 3.63) is 66.7 Å². The lowest BCUT2D eigenvalue weighted by atomic mass is 9.98. The van der Waals surface area contributed by atoms with Crippen LogP contribution in [0.3, 0.4) is 0 Å². The second-order valence-corrected chi connectivity index (χ2v) is 5.79. The van der Waals surface area contributed by atoms with E-state index < -0.39 is 0 Å². The van der Waals surface area contributed by atoms with E-state index in [1.807, 2.05) is 42.2 Å². The van der Waals surface area contributed by atoms with Crippen LogP contribution < -0.4 is 4.74 Å². The molecule has 0 fully saturated rings. The SMILES string of the molecule is COc1cc(-c2ncccc2-c2ccc3cnn(C)c3c2)ccc1F. The molecule has 0 bridgehead atoms. The summed E-state index contributed by atoms with van der Waals surface area (Å²) in [4.78, 5) is 4.52. The number of benzene rings is 2. The van der Waals surface area contributed by atoms with E-state index >= 15 is 0 Å². The summed E-state index contributed by atoms with van der Waals surface area (Å²) in [5.74, 6) is -0.184. The van der Waals surface area contributed by atoms with Gasteiger partial charge in [0.05, 0.1) is 24.5 Å². The number of pyridine rings is 1. The predicted molar refractivity (Wildman–Crippen MR) is 95.9 cm³/mol. The zero-order valence-electron chi connectivity index (χ0n) is 13.9. The number of halogens is 1. The van der Waals surface area contributed by atoms with Crippen molar-refractivity contribution in [1.82, 2.24) is 14.8 Å². The van der Waals surface area contributed by atoms with Gasteiger partial charge in [-0.1, -0.05) is 18.2 Å². The first-order valence-electron chi connectivity index (χ1n) is 7.88. The van der Waals surface area contributed by atoms with Crippen molar-refractivity contribution in [3.63, 3.8) is 0 Å². The number of rotatable bonds is 3. The van der Waals surface area contributed by atoms with Gasteiger partial charge in [-0.05, 0) is 35.9 Å². The van der Waals surface area contributed by atoms with Crippen LogP contribution in [0, 0.1) is 5.82 Å². The number of methoxy groups -OCH3 is 1. The van der Waals surface area contributed by atoms with Gasteiger partial charge in [0, 0.05) is 29.8 Å². The molecule has 4 rings (SSSR count). The molecule has 5 heteroatoms. The Balaban J connectivity index is 1.90. The quantitative estimate of drug-likeness (QED) is 0.556. The lowest BCUT2D eigenvalue weighted by molar-refractivity contribution is 0.387. The van der Waals surface area contributed by atoms with Crippen LogP contribution in [-0.2, 0) is 7.05 Å². The molecule has 0 aliphatic rings. The zero-order valence-corrected chi connectivity index (χ0v) is 13.9. The number of hydrogen-bond acceptors (Lipinski definition) is 3. The van der Waals surface area contributed by atoms with Crippen LogP contribution in [0.4, 0.5) is 4.39 Å². The molecule has 4 nitrogen and oxygen atoms in total. The molecule has 4 aromatic rings. The van der Waals surface area contributed by atoms with Gasteiger partial charge in [-0.15, -0.1) is 0 Å². The molecule has 2 heterocycles. The molecule has 2 aromatic carbocycles. The van der Waals surface area contributed by atoms with Crippen molar-refractivity contribution >= 4 is 10.9 Å². The van der Waals surface area contributed by atoms with Gasteiger partial charge >= 0.3 is 0 Å². The van der Waals surface area contributed by atoms with Crippen LogP contribution in [0.5, 0.6) is 5.75 Å². The van der Waals surface area contributed by atoms with E-state index in [4.69, 9.17) is 4.74 Å². The average Bonchev–Trinajstić information content (AvgIpc) is 3.03. The molecule has 0 aliphatic heterocycles. The van der Waals surface area contributed by atoms with E-state index in [1.165, 1.54) is 13.2 Å². The van der Waals surface area contributed by atoms with Gasteiger partial charge < -0.3 is 4.74 Å². The minimum Gasteiger partial charge on any atom is -0.494 e. The third kappa shape index (κ3) is 2.63. The lowest BCUT2D eigenvalue weighted by Gasteiger charge is -2.11. The highest BCUT2D eigenvalue weighted by molar-refractivity contribution is 5.88. The van der Waals surface area contributed by atoms with Crippen molar-refractivity contribution in [2.24, 2.45) is 7.05 Å². The van der Waals surface area contributed by atoms with Gasteiger partial charge in [-0.3, -0.25) is 9.67 Å². The normalized spacial score (nSPS) is 11.0. The minimum absolute atomic E-state index is 0.205. The van der Waals surface area contributed by atoms with Crippen LogP contribution >= 0.6 is 0 Å². The summed E-state index contributed by atoms with van der Waals surface area (Å²) in [6.07, 6.45) is 3.57. The summed E-state index contributed by atoms with van der Waals surface area (Å²) >= 11 is 0. The van der Waals surface area contributed by atoms with Crippen molar-refractivity contribution in [2.45, 2.75) is 0 Å². The smallest absolute Gasteiger partial charge is 0.165 e. The Labute approximate surface area is 144 Å². The lowest BCUT2D eigenvalue weighted by Crippen LogP contribution is -1.93. The van der Waals surface area contributed by atoms with E-state index in [1.54, 1.807) is 18.3 Å². The largest absolute Gasteiger partial charge is 0.494 e. The number of hydrogen-bond donors (Lipinski definition) is 0. The molecule has 0 radical (unpaired) electrons. The minimum atomic E-state index is -0.389. The zero-order chi connectivity index (χ0) is 17.4. The second kappa shape index (κ2) is 6.02. The average molecular weight is 333 g/mol. The van der Waals surface area contributed by atoms with E-state index in [0.717, 1.165) is 33.3 Å². The van der Waals surface area contributed by atoms with Gasteiger partial charge in [0.15, 0.2) is 11.6 Å². The fourth-order valence-corrected chi connectivity index (χ4v) is 2.99. The summed E-state index contributed by atoms with van der Waals surface area (Å²) in [6, 6.07) is 14.9. The summed E-state index contributed by atoms with van der Waals surface area (Å²) in [6.45, 7) is 0. The van der Waals surface area contributed by atoms with Crippen molar-refractivity contribution < 1.29 is 9.13 Å². The number of ether oxygens (including phenoxy) is 1. The van der Waals surface area contributed by atoms with Crippen molar-refractivity contribution in [1.29, 1.82) is 0 Å². The maximum Gasteiger partial charge on any atom is 0.165 e. The maximum absolute atomic E-state index is 13.7. The molecule has 124 valence electrons. The maximum atomic E-state index is 13.7. The summed E-state index contributed by atoms with van der Waals surface area (Å²) in [7, 11) is 3.37. The topological polar surface area (TPSA) is 39.9 Å².